The summed E-state index contributed by atoms with van der Waals surface area (Å²) in [7, 11) is 0. The number of rotatable bonds is 6. The SMILES string of the molecule is CC(C)n1cc(Nc2nc(N3CCCC(N)C3)ncc2C(N)=O)cc(-c2ccc(Cl)cc2)c1=O. The van der Waals surface area contributed by atoms with Gasteiger partial charge in [-0.25, -0.2) is 4.98 Å². The first-order valence-corrected chi connectivity index (χ1v) is 11.6. The second kappa shape index (κ2) is 9.82. The van der Waals surface area contributed by atoms with Gasteiger partial charge in [-0.2, -0.15) is 4.98 Å². The number of hydrogen-bond acceptors (Lipinski definition) is 7. The number of nitrogens with one attached hydrogen (secondary N) is 1. The minimum atomic E-state index is -0.653. The van der Waals surface area contributed by atoms with Gasteiger partial charge in [0.05, 0.1) is 5.69 Å². The Morgan fingerprint density at radius 1 is 1.26 bits per heavy atom. The Labute approximate surface area is 202 Å². The van der Waals surface area contributed by atoms with Crippen molar-refractivity contribution < 1.29 is 4.79 Å². The van der Waals surface area contributed by atoms with Crippen LogP contribution in [0.4, 0.5) is 17.5 Å². The van der Waals surface area contributed by atoms with Gasteiger partial charge in [-0.05, 0) is 50.5 Å². The lowest BCUT2D eigenvalue weighted by atomic mass is 10.1. The number of pyridine rings is 1. The summed E-state index contributed by atoms with van der Waals surface area (Å²) in [5.74, 6) is 0.0879. The average molecular weight is 482 g/mol. The van der Waals surface area contributed by atoms with Crippen LogP contribution in [0.3, 0.4) is 0 Å². The molecule has 178 valence electrons. The number of nitrogens with zero attached hydrogens (tertiary/aromatic N) is 4. The molecule has 1 fully saturated rings. The second-order valence-electron chi connectivity index (χ2n) is 8.73. The predicted octanol–water partition coefficient (Wildman–Crippen LogP) is 3.31. The smallest absolute Gasteiger partial charge is 0.258 e. The molecular formula is C24H28ClN7O2. The molecule has 10 heteroatoms. The fourth-order valence-corrected chi connectivity index (χ4v) is 4.15. The van der Waals surface area contributed by atoms with Gasteiger partial charge in [0.15, 0.2) is 0 Å². The Bertz CT molecular complexity index is 1260. The van der Waals surface area contributed by atoms with Crippen molar-refractivity contribution in [2.24, 2.45) is 11.5 Å². The van der Waals surface area contributed by atoms with Crippen LogP contribution in [0.5, 0.6) is 0 Å². The van der Waals surface area contributed by atoms with Gasteiger partial charge in [0, 0.05) is 48.2 Å². The van der Waals surface area contributed by atoms with E-state index in [2.05, 4.69) is 15.3 Å². The highest BCUT2D eigenvalue weighted by atomic mass is 35.5. The molecule has 1 aliphatic heterocycles. The maximum Gasteiger partial charge on any atom is 0.258 e. The lowest BCUT2D eigenvalue weighted by molar-refractivity contribution is 0.100. The van der Waals surface area contributed by atoms with Crippen molar-refractivity contribution in [2.75, 3.05) is 23.3 Å². The van der Waals surface area contributed by atoms with E-state index < -0.39 is 5.91 Å². The van der Waals surface area contributed by atoms with E-state index in [1.165, 1.54) is 6.20 Å². The molecule has 0 saturated carbocycles. The largest absolute Gasteiger partial charge is 0.365 e. The molecule has 2 aromatic heterocycles. The number of nitrogens with two attached hydrogens (primary N) is 2. The number of benzene rings is 1. The van der Waals surface area contributed by atoms with E-state index in [1.54, 1.807) is 41.1 Å². The molecule has 4 rings (SSSR count). The number of amides is 1. The highest BCUT2D eigenvalue weighted by molar-refractivity contribution is 6.30. The molecule has 1 saturated heterocycles. The van der Waals surface area contributed by atoms with Crippen LogP contribution >= 0.6 is 11.6 Å². The summed E-state index contributed by atoms with van der Waals surface area (Å²) < 4.78 is 1.63. The van der Waals surface area contributed by atoms with Crippen molar-refractivity contribution in [3.05, 3.63) is 63.7 Å². The summed E-state index contributed by atoms with van der Waals surface area (Å²) in [5, 5.41) is 3.78. The lowest BCUT2D eigenvalue weighted by Gasteiger charge is -2.31. The van der Waals surface area contributed by atoms with Crippen molar-refractivity contribution in [1.82, 2.24) is 14.5 Å². The van der Waals surface area contributed by atoms with E-state index in [4.69, 9.17) is 23.1 Å². The van der Waals surface area contributed by atoms with E-state index >= 15 is 0 Å². The molecule has 0 aliphatic carbocycles. The number of halogens is 1. The second-order valence-corrected chi connectivity index (χ2v) is 9.16. The summed E-state index contributed by atoms with van der Waals surface area (Å²) in [6, 6.07) is 8.75. The summed E-state index contributed by atoms with van der Waals surface area (Å²) in [6.07, 6.45) is 5.02. The number of carbonyl (C=O) groups is 1. The number of carbonyl (C=O) groups excluding carboxylic acids is 1. The minimum absolute atomic E-state index is 0.0427. The Balaban J connectivity index is 1.78. The first kappa shape index (κ1) is 23.7. The summed E-state index contributed by atoms with van der Waals surface area (Å²) >= 11 is 6.03. The Hall–Kier alpha value is -3.43. The minimum Gasteiger partial charge on any atom is -0.365 e. The van der Waals surface area contributed by atoms with Crippen molar-refractivity contribution in [3.8, 4) is 11.1 Å². The maximum absolute atomic E-state index is 13.2. The Morgan fingerprint density at radius 2 is 2.00 bits per heavy atom. The zero-order chi connectivity index (χ0) is 24.4. The third-order valence-corrected chi connectivity index (χ3v) is 6.05. The molecule has 3 heterocycles. The molecule has 1 unspecified atom stereocenters. The van der Waals surface area contributed by atoms with Crippen LogP contribution in [0, 0.1) is 0 Å². The topological polar surface area (TPSA) is 132 Å². The van der Waals surface area contributed by atoms with Gasteiger partial charge in [0.25, 0.3) is 11.5 Å². The zero-order valence-electron chi connectivity index (χ0n) is 19.2. The number of anilines is 3. The highest BCUT2D eigenvalue weighted by Crippen LogP contribution is 2.26. The van der Waals surface area contributed by atoms with Gasteiger partial charge in [0.2, 0.25) is 5.95 Å². The van der Waals surface area contributed by atoms with Crippen LogP contribution < -0.4 is 27.2 Å². The first-order chi connectivity index (χ1) is 16.2. The predicted molar refractivity (Wildman–Crippen MR) is 135 cm³/mol. The van der Waals surface area contributed by atoms with E-state index in [-0.39, 0.29) is 29.0 Å². The van der Waals surface area contributed by atoms with Gasteiger partial charge in [0.1, 0.15) is 11.4 Å². The molecule has 0 spiro atoms. The monoisotopic (exact) mass is 481 g/mol. The van der Waals surface area contributed by atoms with E-state index in [9.17, 15) is 9.59 Å². The fourth-order valence-electron chi connectivity index (χ4n) is 4.02. The molecular weight excluding hydrogens is 454 g/mol. The van der Waals surface area contributed by atoms with Crippen molar-refractivity contribution in [1.29, 1.82) is 0 Å². The molecule has 34 heavy (non-hydrogen) atoms. The molecule has 9 nitrogen and oxygen atoms in total. The van der Waals surface area contributed by atoms with E-state index in [0.717, 1.165) is 24.9 Å². The summed E-state index contributed by atoms with van der Waals surface area (Å²) in [4.78, 5) is 36.2. The summed E-state index contributed by atoms with van der Waals surface area (Å²) in [6.45, 7) is 5.26. The van der Waals surface area contributed by atoms with Gasteiger partial charge < -0.3 is 26.3 Å². The Kier molecular flexibility index (Phi) is 6.85. The van der Waals surface area contributed by atoms with Crippen LogP contribution in [0.1, 0.15) is 43.1 Å². The standard InChI is InChI=1S/C24H28ClN7O2/c1-14(2)32-13-18(10-19(23(32)34)15-5-7-16(25)8-6-15)29-22-20(21(27)33)11-28-24(30-22)31-9-3-4-17(26)12-31/h5-8,10-11,13-14,17H,3-4,9,12,26H2,1-2H3,(H2,27,33)(H,28,29,30). The number of primary amides is 1. The molecule has 1 amide bonds. The normalized spacial score (nSPS) is 16.0. The fraction of sp³-hybridized carbons (Fsp3) is 0.333. The Morgan fingerprint density at radius 3 is 2.65 bits per heavy atom. The molecule has 1 aromatic carbocycles. The summed E-state index contributed by atoms with van der Waals surface area (Å²) in [5.41, 5.74) is 13.5. The van der Waals surface area contributed by atoms with Crippen molar-refractivity contribution in [3.63, 3.8) is 0 Å². The van der Waals surface area contributed by atoms with Crippen LogP contribution in [-0.4, -0.2) is 39.6 Å². The molecule has 0 radical (unpaired) electrons. The van der Waals surface area contributed by atoms with E-state index in [1.807, 2.05) is 18.7 Å². The van der Waals surface area contributed by atoms with Crippen molar-refractivity contribution in [2.45, 2.75) is 38.8 Å². The third-order valence-electron chi connectivity index (χ3n) is 5.80. The van der Waals surface area contributed by atoms with E-state index in [0.29, 0.717) is 28.8 Å². The van der Waals surface area contributed by atoms with Crippen LogP contribution in [0.15, 0.2) is 47.5 Å². The highest BCUT2D eigenvalue weighted by Gasteiger charge is 2.22. The molecule has 1 aliphatic rings. The lowest BCUT2D eigenvalue weighted by Crippen LogP contribution is -2.43. The third kappa shape index (κ3) is 5.05. The number of aromatic nitrogens is 3. The number of hydrogen-bond donors (Lipinski definition) is 3. The molecule has 0 bridgehead atoms. The quantitative estimate of drug-likeness (QED) is 0.492. The van der Waals surface area contributed by atoms with Gasteiger partial charge in [-0.1, -0.05) is 23.7 Å². The zero-order valence-corrected chi connectivity index (χ0v) is 19.9. The number of piperidine rings is 1. The van der Waals surface area contributed by atoms with Gasteiger partial charge >= 0.3 is 0 Å². The van der Waals surface area contributed by atoms with Gasteiger partial charge in [-0.15, -0.1) is 0 Å². The molecule has 5 N–H and O–H groups in total. The van der Waals surface area contributed by atoms with Crippen LogP contribution in [0.25, 0.3) is 11.1 Å². The average Bonchev–Trinajstić information content (AvgIpc) is 2.80. The maximum atomic E-state index is 13.2. The molecule has 3 aromatic rings. The van der Waals surface area contributed by atoms with Crippen molar-refractivity contribution >= 4 is 35.0 Å². The first-order valence-electron chi connectivity index (χ1n) is 11.2. The van der Waals surface area contributed by atoms with Crippen LogP contribution in [-0.2, 0) is 0 Å². The van der Waals surface area contributed by atoms with Crippen LogP contribution in [0.2, 0.25) is 5.02 Å². The van der Waals surface area contributed by atoms with Gasteiger partial charge in [-0.3, -0.25) is 9.59 Å². The molecule has 1 atom stereocenters.